The zero-order valence-electron chi connectivity index (χ0n) is 10.9. The van der Waals surface area contributed by atoms with Crippen molar-refractivity contribution in [2.45, 2.75) is 19.0 Å². The lowest BCUT2D eigenvalue weighted by Gasteiger charge is -2.20. The molecular weight excluding hydrogens is 264 g/mol. The Morgan fingerprint density at radius 2 is 2.22 bits per heavy atom. The first-order valence-electron chi connectivity index (χ1n) is 5.81. The van der Waals surface area contributed by atoms with Crippen LogP contribution in [0, 0.1) is 5.41 Å². The van der Waals surface area contributed by atoms with Gasteiger partial charge in [-0.1, -0.05) is 25.6 Å². The molecule has 18 heavy (non-hydrogen) atoms. The number of hydrogen-bond donors (Lipinski definition) is 2. The maximum absolute atomic E-state index is 5.20. The van der Waals surface area contributed by atoms with Crippen molar-refractivity contribution in [1.82, 2.24) is 9.97 Å². The molecule has 0 saturated carbocycles. The monoisotopic (exact) mass is 282 g/mol. The molecule has 0 bridgehead atoms. The first-order valence-corrected chi connectivity index (χ1v) is 7.43. The fourth-order valence-electron chi connectivity index (χ4n) is 1.47. The van der Waals surface area contributed by atoms with Gasteiger partial charge in [0.1, 0.15) is 5.75 Å². The number of hydrogen-bond acceptors (Lipinski definition) is 4. The summed E-state index contributed by atoms with van der Waals surface area (Å²) in [4.78, 5) is 7.87. The van der Waals surface area contributed by atoms with Gasteiger partial charge in [-0.25, -0.2) is 4.98 Å². The van der Waals surface area contributed by atoms with Gasteiger partial charge in [-0.15, -0.1) is 0 Å². The van der Waals surface area contributed by atoms with E-state index in [9.17, 15) is 0 Å². The van der Waals surface area contributed by atoms with Gasteiger partial charge in [-0.3, -0.25) is 0 Å². The van der Waals surface area contributed by atoms with Crippen LogP contribution >= 0.6 is 24.4 Å². The Bertz CT molecular complexity index is 537. The number of benzene rings is 1. The van der Waals surface area contributed by atoms with E-state index in [2.05, 4.69) is 36.4 Å². The van der Waals surface area contributed by atoms with E-state index in [0.717, 1.165) is 33.4 Å². The highest BCUT2D eigenvalue weighted by Gasteiger charge is 2.17. The van der Waals surface area contributed by atoms with Gasteiger partial charge >= 0.3 is 0 Å². The van der Waals surface area contributed by atoms with Crippen LogP contribution in [0.1, 0.15) is 13.8 Å². The van der Waals surface area contributed by atoms with Gasteiger partial charge in [-0.2, -0.15) is 12.6 Å². The van der Waals surface area contributed by atoms with Crippen LogP contribution in [-0.4, -0.2) is 28.6 Å². The van der Waals surface area contributed by atoms with Crippen molar-refractivity contribution in [3.63, 3.8) is 0 Å². The van der Waals surface area contributed by atoms with Gasteiger partial charge in [0.2, 0.25) is 0 Å². The smallest absolute Gasteiger partial charge is 0.166 e. The Labute approximate surface area is 117 Å². The summed E-state index contributed by atoms with van der Waals surface area (Å²) < 4.78 is 5.20. The standard InChI is InChI=1S/C13H18N2OS2/c1-13(2,7-17)8-18-12-14-10-5-4-9(16-3)6-11(10)15-12/h4-6,17H,7-8H2,1-3H3,(H,14,15). The highest BCUT2D eigenvalue weighted by Crippen LogP contribution is 2.29. The summed E-state index contributed by atoms with van der Waals surface area (Å²) in [6.45, 7) is 4.41. The molecule has 0 aliphatic heterocycles. The molecule has 0 saturated heterocycles. The number of methoxy groups -OCH3 is 1. The van der Waals surface area contributed by atoms with Gasteiger partial charge in [0, 0.05) is 11.8 Å². The first-order chi connectivity index (χ1) is 8.54. The summed E-state index contributed by atoms with van der Waals surface area (Å²) in [7, 11) is 1.67. The number of thiol groups is 1. The third-order valence-electron chi connectivity index (χ3n) is 2.69. The largest absolute Gasteiger partial charge is 0.497 e. The zero-order valence-corrected chi connectivity index (χ0v) is 12.6. The van der Waals surface area contributed by atoms with E-state index in [0.29, 0.717) is 0 Å². The van der Waals surface area contributed by atoms with E-state index >= 15 is 0 Å². The zero-order chi connectivity index (χ0) is 13.2. The lowest BCUT2D eigenvalue weighted by molar-refractivity contribution is 0.415. The van der Waals surface area contributed by atoms with Crippen molar-refractivity contribution >= 4 is 35.4 Å². The third-order valence-corrected chi connectivity index (χ3v) is 4.94. The summed E-state index contributed by atoms with van der Waals surface area (Å²) in [5.41, 5.74) is 2.20. The van der Waals surface area contributed by atoms with E-state index in [1.54, 1.807) is 18.9 Å². The quantitative estimate of drug-likeness (QED) is 0.650. The van der Waals surface area contributed by atoms with Gasteiger partial charge in [0.05, 0.1) is 18.1 Å². The molecule has 0 fully saturated rings. The third kappa shape index (κ3) is 3.14. The predicted octanol–water partition coefficient (Wildman–Crippen LogP) is 3.62. The molecule has 2 aromatic rings. The van der Waals surface area contributed by atoms with Gasteiger partial charge < -0.3 is 9.72 Å². The van der Waals surface area contributed by atoms with Crippen molar-refractivity contribution in [2.24, 2.45) is 5.41 Å². The second kappa shape index (κ2) is 5.45. The highest BCUT2D eigenvalue weighted by atomic mass is 32.2. The van der Waals surface area contributed by atoms with Crippen LogP contribution in [0.25, 0.3) is 11.0 Å². The number of thioether (sulfide) groups is 1. The van der Waals surface area contributed by atoms with Crippen molar-refractivity contribution < 1.29 is 4.74 Å². The molecule has 1 aromatic heterocycles. The van der Waals surface area contributed by atoms with Crippen molar-refractivity contribution in [3.8, 4) is 5.75 Å². The summed E-state index contributed by atoms with van der Waals surface area (Å²) in [5.74, 6) is 2.71. The van der Waals surface area contributed by atoms with Crippen molar-refractivity contribution in [1.29, 1.82) is 0 Å². The number of imidazole rings is 1. The number of nitrogens with zero attached hydrogens (tertiary/aromatic N) is 1. The van der Waals surface area contributed by atoms with Gasteiger partial charge in [0.25, 0.3) is 0 Å². The van der Waals surface area contributed by atoms with Gasteiger partial charge in [-0.05, 0) is 23.3 Å². The van der Waals surface area contributed by atoms with Crippen LogP contribution in [-0.2, 0) is 0 Å². The molecule has 0 unspecified atom stereocenters. The number of fused-ring (bicyclic) bond motifs is 1. The number of aromatic amines is 1. The molecule has 0 amide bonds. The highest BCUT2D eigenvalue weighted by molar-refractivity contribution is 7.99. The Hall–Kier alpha value is -0.810. The summed E-state index contributed by atoms with van der Waals surface area (Å²) in [6, 6.07) is 5.86. The molecule has 0 aliphatic rings. The second-order valence-corrected chi connectivity index (χ2v) is 6.32. The van der Waals surface area contributed by atoms with Gasteiger partial charge in [0.15, 0.2) is 5.16 Å². The summed E-state index contributed by atoms with van der Waals surface area (Å²) in [6.07, 6.45) is 0. The van der Waals surface area contributed by atoms with Crippen LogP contribution in [0.2, 0.25) is 0 Å². The van der Waals surface area contributed by atoms with Crippen LogP contribution in [0.3, 0.4) is 0 Å². The SMILES string of the molecule is COc1ccc2nc(SCC(C)(C)CS)[nH]c2c1. The summed E-state index contributed by atoms with van der Waals surface area (Å²) >= 11 is 6.10. The topological polar surface area (TPSA) is 37.9 Å². The molecule has 1 heterocycles. The second-order valence-electron chi connectivity index (χ2n) is 5.04. The van der Waals surface area contributed by atoms with Crippen LogP contribution in [0.5, 0.6) is 5.75 Å². The minimum absolute atomic E-state index is 0.213. The minimum atomic E-state index is 0.213. The van der Waals surface area contributed by atoms with E-state index < -0.39 is 0 Å². The molecular formula is C13H18N2OS2. The Kier molecular flexibility index (Phi) is 4.12. The molecule has 2 rings (SSSR count). The molecule has 1 aromatic carbocycles. The fraction of sp³-hybridized carbons (Fsp3) is 0.462. The van der Waals surface area contributed by atoms with Crippen LogP contribution in [0.4, 0.5) is 0 Å². The molecule has 0 atom stereocenters. The van der Waals surface area contributed by atoms with E-state index in [1.807, 2.05) is 18.2 Å². The molecule has 0 spiro atoms. The normalized spacial score (nSPS) is 12.0. The van der Waals surface area contributed by atoms with E-state index in [4.69, 9.17) is 4.74 Å². The Morgan fingerprint density at radius 3 is 2.89 bits per heavy atom. The summed E-state index contributed by atoms with van der Waals surface area (Å²) in [5, 5.41) is 0.952. The average Bonchev–Trinajstić information content (AvgIpc) is 2.78. The first kappa shape index (κ1) is 13.6. The fourth-order valence-corrected chi connectivity index (χ4v) is 2.71. The Morgan fingerprint density at radius 1 is 1.44 bits per heavy atom. The maximum atomic E-state index is 5.20. The number of rotatable bonds is 5. The number of H-pyrrole nitrogens is 1. The lowest BCUT2D eigenvalue weighted by Crippen LogP contribution is -2.16. The molecule has 0 aliphatic carbocycles. The van der Waals surface area contributed by atoms with Crippen LogP contribution < -0.4 is 4.74 Å². The minimum Gasteiger partial charge on any atom is -0.497 e. The van der Waals surface area contributed by atoms with Crippen molar-refractivity contribution in [2.75, 3.05) is 18.6 Å². The molecule has 5 heteroatoms. The average molecular weight is 282 g/mol. The number of nitrogens with one attached hydrogen (secondary N) is 1. The predicted molar refractivity (Wildman–Crippen MR) is 81.0 cm³/mol. The van der Waals surface area contributed by atoms with Crippen molar-refractivity contribution in [3.05, 3.63) is 18.2 Å². The Balaban J connectivity index is 2.15. The number of ether oxygens (including phenoxy) is 1. The number of aromatic nitrogens is 2. The molecule has 0 radical (unpaired) electrons. The van der Waals surface area contributed by atoms with E-state index in [-0.39, 0.29) is 5.41 Å². The molecule has 98 valence electrons. The maximum Gasteiger partial charge on any atom is 0.166 e. The lowest BCUT2D eigenvalue weighted by atomic mass is 10.0. The molecule has 3 nitrogen and oxygen atoms in total. The van der Waals surface area contributed by atoms with Crippen LogP contribution in [0.15, 0.2) is 23.4 Å². The van der Waals surface area contributed by atoms with E-state index in [1.165, 1.54) is 0 Å². The molecule has 1 N–H and O–H groups in total.